The minimum Gasteiger partial charge on any atom is -0.222 e. The van der Waals surface area contributed by atoms with Crippen molar-refractivity contribution in [3.63, 3.8) is 0 Å². The minimum absolute atomic E-state index is 0.199. The van der Waals surface area contributed by atoms with E-state index in [9.17, 15) is 16.8 Å². The molecule has 0 aliphatic rings. The number of halogens is 4. The lowest BCUT2D eigenvalue weighted by molar-refractivity contribution is 0.592. The summed E-state index contributed by atoms with van der Waals surface area (Å²) in [5, 5.41) is 0.919. The molecule has 188 valence electrons. The van der Waals surface area contributed by atoms with Gasteiger partial charge < -0.3 is 0 Å². The van der Waals surface area contributed by atoms with Crippen molar-refractivity contribution in [2.24, 2.45) is 0 Å². The number of benzene rings is 4. The highest BCUT2D eigenvalue weighted by Crippen LogP contribution is 2.34. The van der Waals surface area contributed by atoms with Gasteiger partial charge in [0.25, 0.3) is 0 Å². The van der Waals surface area contributed by atoms with E-state index in [-0.39, 0.29) is 9.79 Å². The fraction of sp³-hybridized carbons (Fsp3) is 0.0769. The highest BCUT2D eigenvalue weighted by molar-refractivity contribution is 7.93. The maximum Gasteiger partial charge on any atom is 0.199 e. The fourth-order valence-corrected chi connectivity index (χ4v) is 6.96. The average Bonchev–Trinajstić information content (AvgIpc) is 2.89. The summed E-state index contributed by atoms with van der Waals surface area (Å²) in [6.07, 6.45) is 0. The second-order valence-corrected chi connectivity index (χ2v) is 13.8. The lowest BCUT2D eigenvalue weighted by Gasteiger charge is -2.11. The van der Waals surface area contributed by atoms with Gasteiger partial charge in [0.2, 0.25) is 0 Å². The van der Waals surface area contributed by atoms with Crippen molar-refractivity contribution in [3.05, 3.63) is 130 Å². The van der Waals surface area contributed by atoms with Crippen LogP contribution in [0.1, 0.15) is 20.5 Å². The summed E-state index contributed by atoms with van der Waals surface area (Å²) < 4.78 is 46.8. The Hall–Kier alpha value is -2.06. The second kappa shape index (κ2) is 12.5. The van der Waals surface area contributed by atoms with Crippen LogP contribution < -0.4 is 0 Å². The quantitative estimate of drug-likeness (QED) is 0.209. The Morgan fingerprint density at radius 1 is 0.472 bits per heavy atom. The van der Waals surface area contributed by atoms with Gasteiger partial charge in [-0.15, -0.1) is 0 Å². The van der Waals surface area contributed by atoms with E-state index >= 15 is 0 Å². The van der Waals surface area contributed by atoms with Gasteiger partial charge in [-0.05, 0) is 59.7 Å². The van der Waals surface area contributed by atoms with E-state index in [1.165, 1.54) is 24.3 Å². The summed E-state index contributed by atoms with van der Waals surface area (Å²) >= 11 is 23.8. The molecular formula is C26H20Cl4O4S2. The number of hydrogen-bond donors (Lipinski definition) is 0. The number of sulfone groups is 2. The predicted molar refractivity (Wildman–Crippen MR) is 147 cm³/mol. The van der Waals surface area contributed by atoms with Crippen molar-refractivity contribution in [2.75, 3.05) is 0 Å². The summed E-state index contributed by atoms with van der Waals surface area (Å²) in [5.74, 6) is 0. The maximum atomic E-state index is 12.3. The number of rotatable bonds is 6. The third-order valence-electron chi connectivity index (χ3n) is 4.91. The van der Waals surface area contributed by atoms with Crippen molar-refractivity contribution >= 4 is 66.1 Å². The van der Waals surface area contributed by atoms with Crippen LogP contribution in [0.3, 0.4) is 0 Å². The summed E-state index contributed by atoms with van der Waals surface area (Å²) in [7, 11) is -7.20. The van der Waals surface area contributed by atoms with E-state index < -0.39 is 29.1 Å². The fourth-order valence-electron chi connectivity index (χ4n) is 3.11. The van der Waals surface area contributed by atoms with Crippen molar-refractivity contribution < 1.29 is 16.8 Å². The molecule has 0 N–H and O–H groups in total. The number of hydrogen-bond acceptors (Lipinski definition) is 4. The van der Waals surface area contributed by atoms with E-state index in [0.717, 1.165) is 0 Å². The van der Waals surface area contributed by atoms with Gasteiger partial charge in [-0.25, -0.2) is 16.8 Å². The van der Waals surface area contributed by atoms with Crippen LogP contribution in [0, 0.1) is 0 Å². The molecule has 4 rings (SSSR count). The van der Waals surface area contributed by atoms with E-state index in [1.54, 1.807) is 84.9 Å². The van der Waals surface area contributed by atoms with Crippen molar-refractivity contribution in [2.45, 2.75) is 19.2 Å². The molecule has 10 heteroatoms. The van der Waals surface area contributed by atoms with E-state index in [1.807, 2.05) is 0 Å². The molecule has 0 radical (unpaired) electrons. The van der Waals surface area contributed by atoms with Gasteiger partial charge in [0, 0.05) is 10.0 Å². The lowest BCUT2D eigenvalue weighted by Crippen LogP contribution is -2.08. The van der Waals surface area contributed by atoms with Gasteiger partial charge in [0.1, 0.15) is 0 Å². The van der Waals surface area contributed by atoms with Crippen molar-refractivity contribution in [1.82, 2.24) is 0 Å². The third-order valence-corrected chi connectivity index (χ3v) is 10.8. The molecule has 2 atom stereocenters. The van der Waals surface area contributed by atoms with Crippen LogP contribution in [0.2, 0.25) is 10.0 Å². The Kier molecular flexibility index (Phi) is 9.86. The number of alkyl halides is 2. The average molecular weight is 602 g/mol. The summed E-state index contributed by atoms with van der Waals surface area (Å²) in [4.78, 5) is 0.398. The van der Waals surface area contributed by atoms with Gasteiger partial charge in [-0.2, -0.15) is 0 Å². The highest BCUT2D eigenvalue weighted by atomic mass is 35.5. The van der Waals surface area contributed by atoms with Gasteiger partial charge in [-0.3, -0.25) is 0 Å². The topological polar surface area (TPSA) is 68.3 Å². The van der Waals surface area contributed by atoms with Gasteiger partial charge in [0.05, 0.1) is 9.79 Å². The van der Waals surface area contributed by atoms with Crippen LogP contribution in [0.15, 0.2) is 119 Å². The van der Waals surface area contributed by atoms with Crippen LogP contribution in [-0.4, -0.2) is 16.8 Å². The first-order valence-electron chi connectivity index (χ1n) is 10.4. The molecular weight excluding hydrogens is 582 g/mol. The largest absolute Gasteiger partial charge is 0.222 e. The zero-order chi connectivity index (χ0) is 26.3. The van der Waals surface area contributed by atoms with Crippen LogP contribution in [0.5, 0.6) is 0 Å². The molecule has 0 saturated heterocycles. The molecule has 4 aromatic rings. The molecule has 0 fully saturated rings. The first-order valence-corrected chi connectivity index (χ1v) is 15.1. The normalized spacial score (nSPS) is 13.2. The Morgan fingerprint density at radius 2 is 0.806 bits per heavy atom. The third kappa shape index (κ3) is 7.03. The first-order chi connectivity index (χ1) is 17.0. The highest BCUT2D eigenvalue weighted by Gasteiger charge is 2.27. The summed E-state index contributed by atoms with van der Waals surface area (Å²) in [5.41, 5.74) is 0.932. The first kappa shape index (κ1) is 28.5. The molecule has 0 aliphatic carbocycles. The van der Waals surface area contributed by atoms with E-state index in [0.29, 0.717) is 21.2 Å². The molecule has 0 saturated carbocycles. The molecule has 0 aliphatic heterocycles. The standard InChI is InChI=1S/2C13H10Cl2O2S/c2*14-11-6-4-5-10(9-11)13(15)18(16,17)12-7-2-1-3-8-12/h2*1-9,13H. The molecule has 0 heterocycles. The van der Waals surface area contributed by atoms with Gasteiger partial charge in [-0.1, -0.05) is 107 Å². The monoisotopic (exact) mass is 600 g/mol. The van der Waals surface area contributed by atoms with Gasteiger partial charge >= 0.3 is 0 Å². The molecule has 0 amide bonds. The Labute approximate surface area is 231 Å². The smallest absolute Gasteiger partial charge is 0.199 e. The SMILES string of the molecule is O=S(=O)(c1ccccc1)C(Cl)c1cccc(Cl)c1.O=S(=O)(c1ccccc1)C(Cl)c1cccc(Cl)c1. The molecule has 2 unspecified atom stereocenters. The Morgan fingerprint density at radius 3 is 1.11 bits per heavy atom. The molecule has 0 aromatic heterocycles. The van der Waals surface area contributed by atoms with Crippen molar-refractivity contribution in [3.8, 4) is 0 Å². The predicted octanol–water partition coefficient (Wildman–Crippen LogP) is 8.10. The Bertz CT molecular complexity index is 1400. The lowest BCUT2D eigenvalue weighted by atomic mass is 10.2. The van der Waals surface area contributed by atoms with E-state index in [4.69, 9.17) is 46.4 Å². The van der Waals surface area contributed by atoms with E-state index in [2.05, 4.69) is 0 Å². The van der Waals surface area contributed by atoms with Crippen LogP contribution in [0.25, 0.3) is 0 Å². The van der Waals surface area contributed by atoms with Crippen LogP contribution >= 0.6 is 46.4 Å². The van der Waals surface area contributed by atoms with Gasteiger partial charge in [0.15, 0.2) is 29.1 Å². The maximum absolute atomic E-state index is 12.3. The molecule has 0 bridgehead atoms. The molecule has 4 nitrogen and oxygen atoms in total. The van der Waals surface area contributed by atoms with Crippen LogP contribution in [-0.2, 0) is 19.7 Å². The minimum atomic E-state index is -3.60. The van der Waals surface area contributed by atoms with Crippen molar-refractivity contribution in [1.29, 1.82) is 0 Å². The van der Waals surface area contributed by atoms with Crippen LogP contribution in [0.4, 0.5) is 0 Å². The Balaban J connectivity index is 0.000000201. The molecule has 4 aromatic carbocycles. The second-order valence-electron chi connectivity index (χ2n) is 7.46. The molecule has 0 spiro atoms. The summed E-state index contributed by atoms with van der Waals surface area (Å²) in [6, 6.07) is 29.3. The zero-order valence-corrected chi connectivity index (χ0v) is 23.2. The zero-order valence-electron chi connectivity index (χ0n) is 18.5. The summed E-state index contributed by atoms with van der Waals surface area (Å²) in [6.45, 7) is 0. The molecule has 36 heavy (non-hydrogen) atoms.